The number of fused-ring (bicyclic) bond motifs is 1. The number of carbonyl (C=O) groups excluding carboxylic acids is 1. The van der Waals surface area contributed by atoms with E-state index in [0.717, 1.165) is 10.1 Å². The van der Waals surface area contributed by atoms with Gasteiger partial charge in [0.1, 0.15) is 6.54 Å². The highest BCUT2D eigenvalue weighted by atomic mass is 16.2. The molecule has 0 fully saturated rings. The van der Waals surface area contributed by atoms with Crippen LogP contribution in [-0.2, 0) is 25.4 Å². The molecule has 0 saturated heterocycles. The van der Waals surface area contributed by atoms with Gasteiger partial charge in [-0.2, -0.15) is 0 Å². The van der Waals surface area contributed by atoms with Crippen LogP contribution < -0.4 is 16.6 Å². The van der Waals surface area contributed by atoms with Crippen molar-refractivity contribution in [2.24, 2.45) is 14.1 Å². The number of carbonyl (C=O) groups is 1. The average Bonchev–Trinajstić information content (AvgIpc) is 2.94. The average molecular weight is 327 g/mol. The number of benzene rings is 1. The summed E-state index contributed by atoms with van der Waals surface area (Å²) in [5.41, 5.74) is 1.00. The van der Waals surface area contributed by atoms with Crippen LogP contribution in [0, 0.1) is 6.92 Å². The molecule has 124 valence electrons. The molecule has 0 spiro atoms. The second-order valence-electron chi connectivity index (χ2n) is 5.62. The molecule has 0 atom stereocenters. The van der Waals surface area contributed by atoms with Crippen LogP contribution in [-0.4, -0.2) is 24.6 Å². The Morgan fingerprint density at radius 1 is 1.21 bits per heavy atom. The topological polar surface area (TPSA) is 90.9 Å². The van der Waals surface area contributed by atoms with Crippen molar-refractivity contribution in [3.63, 3.8) is 0 Å². The summed E-state index contributed by atoms with van der Waals surface area (Å²) >= 11 is 0. The lowest BCUT2D eigenvalue weighted by Gasteiger charge is -2.10. The van der Waals surface area contributed by atoms with Gasteiger partial charge < -0.3 is 9.88 Å². The van der Waals surface area contributed by atoms with Crippen molar-refractivity contribution in [2.75, 3.05) is 5.32 Å². The molecule has 0 saturated carbocycles. The first-order valence-electron chi connectivity index (χ1n) is 7.36. The van der Waals surface area contributed by atoms with E-state index < -0.39 is 17.2 Å². The molecule has 8 heteroatoms. The molecule has 0 aliphatic rings. The lowest BCUT2D eigenvalue weighted by atomic mass is 10.2. The Bertz CT molecular complexity index is 1060. The van der Waals surface area contributed by atoms with Crippen molar-refractivity contribution in [3.05, 3.63) is 57.0 Å². The number of nitrogens with zero attached hydrogens (tertiary/aromatic N) is 4. The third-order valence-electron chi connectivity index (χ3n) is 3.92. The maximum absolute atomic E-state index is 12.5. The molecule has 1 aromatic carbocycles. The first-order valence-corrected chi connectivity index (χ1v) is 7.36. The highest BCUT2D eigenvalue weighted by Gasteiger charge is 2.17. The van der Waals surface area contributed by atoms with Gasteiger partial charge in [-0.05, 0) is 18.6 Å². The summed E-state index contributed by atoms with van der Waals surface area (Å²) < 4.78 is 3.71. The van der Waals surface area contributed by atoms with Crippen LogP contribution in [0.3, 0.4) is 0 Å². The molecule has 0 aliphatic heterocycles. The number of imidazole rings is 1. The number of aryl methyl sites for hydroxylation is 3. The molecule has 24 heavy (non-hydrogen) atoms. The van der Waals surface area contributed by atoms with Crippen LogP contribution in [0.2, 0.25) is 0 Å². The van der Waals surface area contributed by atoms with Crippen molar-refractivity contribution >= 4 is 22.8 Å². The van der Waals surface area contributed by atoms with Gasteiger partial charge in [-0.1, -0.05) is 18.2 Å². The fourth-order valence-electron chi connectivity index (χ4n) is 2.58. The number of hydrogen-bond donors (Lipinski definition) is 1. The molecule has 2 aromatic heterocycles. The Morgan fingerprint density at radius 2 is 1.92 bits per heavy atom. The normalized spacial score (nSPS) is 11.0. The Hall–Kier alpha value is -3.16. The molecule has 0 unspecified atom stereocenters. The lowest BCUT2D eigenvalue weighted by Crippen LogP contribution is -2.42. The Labute approximate surface area is 137 Å². The van der Waals surface area contributed by atoms with Gasteiger partial charge in [0.2, 0.25) is 5.91 Å². The minimum absolute atomic E-state index is 0.279. The molecule has 1 N–H and O–H groups in total. The molecule has 0 aliphatic carbocycles. The first-order chi connectivity index (χ1) is 11.4. The highest BCUT2D eigenvalue weighted by Crippen LogP contribution is 2.12. The summed E-state index contributed by atoms with van der Waals surface area (Å²) in [5.74, 6) is -0.440. The number of amides is 1. The minimum Gasteiger partial charge on any atom is -0.328 e. The van der Waals surface area contributed by atoms with Gasteiger partial charge >= 0.3 is 5.69 Å². The zero-order chi connectivity index (χ0) is 17.4. The Balaban J connectivity index is 2.00. The Kier molecular flexibility index (Phi) is 3.80. The fraction of sp³-hybridized carbons (Fsp3) is 0.250. The minimum atomic E-state index is -0.578. The molecule has 0 radical (unpaired) electrons. The van der Waals surface area contributed by atoms with E-state index in [-0.39, 0.29) is 12.1 Å². The van der Waals surface area contributed by atoms with Crippen molar-refractivity contribution in [3.8, 4) is 0 Å². The van der Waals surface area contributed by atoms with Crippen LogP contribution in [0.25, 0.3) is 11.2 Å². The lowest BCUT2D eigenvalue weighted by molar-refractivity contribution is -0.116. The monoisotopic (exact) mass is 327 g/mol. The Morgan fingerprint density at radius 3 is 2.62 bits per heavy atom. The predicted molar refractivity (Wildman–Crippen MR) is 90.0 cm³/mol. The number of rotatable bonds is 3. The zero-order valence-electron chi connectivity index (χ0n) is 13.6. The summed E-state index contributed by atoms with van der Waals surface area (Å²) in [6.45, 7) is 1.50. The molecule has 0 bridgehead atoms. The summed E-state index contributed by atoms with van der Waals surface area (Å²) in [6.07, 6.45) is 1.46. The smallest absolute Gasteiger partial charge is 0.328 e. The van der Waals surface area contributed by atoms with Gasteiger partial charge in [0.05, 0.1) is 6.33 Å². The maximum Gasteiger partial charge on any atom is 0.332 e. The first kappa shape index (κ1) is 15.7. The van der Waals surface area contributed by atoms with Gasteiger partial charge in [-0.25, -0.2) is 14.3 Å². The SMILES string of the molecule is Cc1ccccc1NC(=O)Cn1c(=O)c2c(ncn2C)n(C)c1=O. The van der Waals surface area contributed by atoms with Crippen molar-refractivity contribution in [1.29, 1.82) is 0 Å². The van der Waals surface area contributed by atoms with E-state index >= 15 is 0 Å². The third-order valence-corrected chi connectivity index (χ3v) is 3.92. The predicted octanol–water partition coefficient (Wildman–Crippen LogP) is 0.381. The number of aromatic nitrogens is 4. The summed E-state index contributed by atoms with van der Waals surface area (Å²) in [6, 6.07) is 7.29. The van der Waals surface area contributed by atoms with E-state index in [1.165, 1.54) is 22.5 Å². The van der Waals surface area contributed by atoms with E-state index in [9.17, 15) is 14.4 Å². The molecule has 3 aromatic rings. The molecular formula is C16H17N5O3. The van der Waals surface area contributed by atoms with Crippen LogP contribution in [0.15, 0.2) is 40.2 Å². The third kappa shape index (κ3) is 2.51. The standard InChI is InChI=1S/C16H17N5O3/c1-10-6-4-5-7-11(10)18-12(22)8-21-15(23)13-14(17-9-19(13)2)20(3)16(21)24/h4-7,9H,8H2,1-3H3,(H,18,22). The maximum atomic E-state index is 12.5. The number of anilines is 1. The second kappa shape index (κ2) is 5.80. The van der Waals surface area contributed by atoms with Crippen LogP contribution >= 0.6 is 0 Å². The summed E-state index contributed by atoms with van der Waals surface area (Å²) in [5, 5.41) is 2.72. The van der Waals surface area contributed by atoms with E-state index in [2.05, 4.69) is 10.3 Å². The van der Waals surface area contributed by atoms with Crippen LogP contribution in [0.4, 0.5) is 5.69 Å². The number of hydrogen-bond acceptors (Lipinski definition) is 4. The fourth-order valence-corrected chi connectivity index (χ4v) is 2.58. The summed E-state index contributed by atoms with van der Waals surface area (Å²) in [7, 11) is 3.19. The molecule has 1 amide bonds. The summed E-state index contributed by atoms with van der Waals surface area (Å²) in [4.78, 5) is 41.2. The van der Waals surface area contributed by atoms with Gasteiger partial charge in [0.25, 0.3) is 5.56 Å². The van der Waals surface area contributed by atoms with Crippen LogP contribution in [0.5, 0.6) is 0 Å². The molecule has 8 nitrogen and oxygen atoms in total. The van der Waals surface area contributed by atoms with Crippen molar-refractivity contribution < 1.29 is 4.79 Å². The van der Waals surface area contributed by atoms with Crippen LogP contribution in [0.1, 0.15) is 5.56 Å². The molecule has 2 heterocycles. The largest absolute Gasteiger partial charge is 0.332 e. The van der Waals surface area contributed by atoms with Gasteiger partial charge in [-0.15, -0.1) is 0 Å². The quantitative estimate of drug-likeness (QED) is 0.753. The van der Waals surface area contributed by atoms with E-state index in [1.807, 2.05) is 19.1 Å². The highest BCUT2D eigenvalue weighted by molar-refractivity contribution is 5.91. The second-order valence-corrected chi connectivity index (χ2v) is 5.62. The molecular weight excluding hydrogens is 310 g/mol. The zero-order valence-corrected chi connectivity index (χ0v) is 13.6. The van der Waals surface area contributed by atoms with Crippen molar-refractivity contribution in [2.45, 2.75) is 13.5 Å². The van der Waals surface area contributed by atoms with Crippen molar-refractivity contribution in [1.82, 2.24) is 18.7 Å². The van der Waals surface area contributed by atoms with Gasteiger partial charge in [0.15, 0.2) is 11.2 Å². The number of nitrogens with one attached hydrogen (secondary N) is 1. The number of para-hydroxylation sites is 1. The molecule has 3 rings (SSSR count). The van der Waals surface area contributed by atoms with E-state index in [4.69, 9.17) is 0 Å². The van der Waals surface area contributed by atoms with Gasteiger partial charge in [-0.3, -0.25) is 14.2 Å². The van der Waals surface area contributed by atoms with E-state index in [1.54, 1.807) is 19.2 Å². The van der Waals surface area contributed by atoms with Gasteiger partial charge in [0, 0.05) is 19.8 Å². The van der Waals surface area contributed by atoms with E-state index in [0.29, 0.717) is 11.3 Å².